The molecule has 0 aliphatic rings. The van der Waals surface area contributed by atoms with Crippen molar-refractivity contribution in [1.82, 2.24) is 4.89 Å². The fourth-order valence-electron chi connectivity index (χ4n) is 0. The minimum Gasteiger partial charge on any atom is -0.303 e. The lowest BCUT2D eigenvalue weighted by molar-refractivity contribution is 0.251. The van der Waals surface area contributed by atoms with Crippen LogP contribution in [0, 0.1) is 0 Å². The standard InChI is InChI=1S/H4N2O2S/c1-5(4)2-3/h2-3H,1H2. The third kappa shape index (κ3) is 4.03. The van der Waals surface area contributed by atoms with Crippen LogP contribution in [0.4, 0.5) is 0 Å². The Morgan fingerprint density at radius 1 is 2.00 bits per heavy atom. The molecule has 1 unspecified atom stereocenters. The monoisotopic (exact) mass is 96.0 g/mol. The Labute approximate surface area is 31.7 Å². The average molecular weight is 96.1 g/mol. The zero-order valence-electron chi connectivity index (χ0n) is 2.34. The molecule has 0 fully saturated rings. The molecule has 0 radical (unpaired) electrons. The number of nitrogens with one attached hydrogen (secondary N) is 1. The van der Waals surface area contributed by atoms with Crippen LogP contribution in [-0.4, -0.2) is 9.42 Å². The van der Waals surface area contributed by atoms with Crippen molar-refractivity contribution in [3.8, 4) is 0 Å². The number of rotatable bonds is 1. The van der Waals surface area contributed by atoms with Crippen molar-refractivity contribution in [1.29, 1.82) is 0 Å². The maximum Gasteiger partial charge on any atom is 0.188 e. The minimum atomic E-state index is -1.77. The van der Waals surface area contributed by atoms with E-state index in [9.17, 15) is 4.21 Å². The topological polar surface area (TPSA) is 75.4 Å². The van der Waals surface area contributed by atoms with Crippen molar-refractivity contribution >= 4 is 11.2 Å². The van der Waals surface area contributed by atoms with Gasteiger partial charge in [-0.1, -0.05) is 0 Å². The number of nitrogens with two attached hydrogens (primary N) is 1. The van der Waals surface area contributed by atoms with Gasteiger partial charge in [-0.15, -0.1) is 4.89 Å². The smallest absolute Gasteiger partial charge is 0.188 e. The molecule has 32 valence electrons. The lowest BCUT2D eigenvalue weighted by Crippen LogP contribution is -2.18. The van der Waals surface area contributed by atoms with E-state index in [1.54, 1.807) is 0 Å². The van der Waals surface area contributed by atoms with Crippen LogP contribution in [0.5, 0.6) is 0 Å². The second-order valence-corrected chi connectivity index (χ2v) is 1.17. The van der Waals surface area contributed by atoms with E-state index in [0.29, 0.717) is 0 Å². The minimum absolute atomic E-state index is 1.28. The first-order valence-corrected chi connectivity index (χ1v) is 2.04. The molecule has 5 heteroatoms. The average Bonchev–Trinajstić information content (AvgIpc) is 1.38. The molecule has 0 saturated carbocycles. The first kappa shape index (κ1) is 5.03. The van der Waals surface area contributed by atoms with Crippen LogP contribution in [0.15, 0.2) is 0 Å². The summed E-state index contributed by atoms with van der Waals surface area (Å²) < 4.78 is 9.34. The highest BCUT2D eigenvalue weighted by atomic mass is 32.2. The van der Waals surface area contributed by atoms with Gasteiger partial charge in [0.25, 0.3) is 0 Å². The fourth-order valence-corrected chi connectivity index (χ4v) is 0. The van der Waals surface area contributed by atoms with Gasteiger partial charge in [0, 0.05) is 0 Å². The van der Waals surface area contributed by atoms with Gasteiger partial charge in [0.15, 0.2) is 11.2 Å². The summed E-state index contributed by atoms with van der Waals surface area (Å²) in [6.07, 6.45) is 0. The van der Waals surface area contributed by atoms with Gasteiger partial charge in [-0.05, 0) is 0 Å². The van der Waals surface area contributed by atoms with Crippen LogP contribution in [0.1, 0.15) is 0 Å². The molecule has 0 aromatic rings. The van der Waals surface area contributed by atoms with Crippen LogP contribution in [0.2, 0.25) is 0 Å². The molecular formula is H4N2O2S. The van der Waals surface area contributed by atoms with Gasteiger partial charge in [-0.3, -0.25) is 0 Å². The van der Waals surface area contributed by atoms with Gasteiger partial charge < -0.3 is 5.21 Å². The van der Waals surface area contributed by atoms with E-state index < -0.39 is 11.2 Å². The Morgan fingerprint density at radius 3 is 2.20 bits per heavy atom. The fraction of sp³-hybridized carbons (Fsp3) is 0. The zero-order valence-corrected chi connectivity index (χ0v) is 3.16. The largest absolute Gasteiger partial charge is 0.303 e. The SMILES string of the molecule is NS(=O)NO. The van der Waals surface area contributed by atoms with Gasteiger partial charge in [0.05, 0.1) is 0 Å². The first-order valence-electron chi connectivity index (χ1n) is 0.830. The Balaban J connectivity index is 2.85. The third-order valence-corrected chi connectivity index (χ3v) is 0.270. The maximum atomic E-state index is 9.34. The molecule has 0 aliphatic carbocycles. The first-order chi connectivity index (χ1) is 2.27. The molecular weight excluding hydrogens is 92.1 g/mol. The molecule has 0 heterocycles. The molecule has 4 N–H and O–H groups in total. The van der Waals surface area contributed by atoms with Gasteiger partial charge in [0.1, 0.15) is 0 Å². The van der Waals surface area contributed by atoms with Gasteiger partial charge >= 0.3 is 0 Å². The quantitative estimate of drug-likeness (QED) is 0.347. The van der Waals surface area contributed by atoms with E-state index in [0.717, 1.165) is 0 Å². The van der Waals surface area contributed by atoms with Crippen LogP contribution >= 0.6 is 0 Å². The summed E-state index contributed by atoms with van der Waals surface area (Å²) in [5, 5.41) is 11.9. The number of hydrogen-bond donors (Lipinski definition) is 3. The summed E-state index contributed by atoms with van der Waals surface area (Å²) in [4.78, 5) is 1.28. The highest BCUT2D eigenvalue weighted by molar-refractivity contribution is 7.80. The zero-order chi connectivity index (χ0) is 4.28. The van der Waals surface area contributed by atoms with E-state index in [-0.39, 0.29) is 0 Å². The normalized spacial score (nSPS) is 14.8. The summed E-state index contributed by atoms with van der Waals surface area (Å²) in [6.45, 7) is 0. The maximum absolute atomic E-state index is 9.34. The summed E-state index contributed by atoms with van der Waals surface area (Å²) in [7, 11) is 0. The molecule has 0 bridgehead atoms. The van der Waals surface area contributed by atoms with Crippen LogP contribution < -0.4 is 10.0 Å². The summed E-state index contributed by atoms with van der Waals surface area (Å²) in [5.41, 5.74) is 0. The van der Waals surface area contributed by atoms with Crippen molar-refractivity contribution < 1.29 is 9.42 Å². The van der Waals surface area contributed by atoms with E-state index in [1.165, 1.54) is 4.89 Å². The van der Waals surface area contributed by atoms with Crippen molar-refractivity contribution in [2.45, 2.75) is 0 Å². The van der Waals surface area contributed by atoms with Crippen LogP contribution in [0.3, 0.4) is 0 Å². The molecule has 0 spiro atoms. The molecule has 5 heavy (non-hydrogen) atoms. The summed E-state index contributed by atoms with van der Waals surface area (Å²) in [6, 6.07) is 0. The molecule has 4 nitrogen and oxygen atoms in total. The molecule has 0 aromatic carbocycles. The Hall–Kier alpha value is 0.0300. The van der Waals surface area contributed by atoms with Crippen molar-refractivity contribution in [3.05, 3.63) is 0 Å². The van der Waals surface area contributed by atoms with Gasteiger partial charge in [-0.2, -0.15) is 0 Å². The van der Waals surface area contributed by atoms with E-state index in [4.69, 9.17) is 5.21 Å². The van der Waals surface area contributed by atoms with E-state index in [2.05, 4.69) is 5.14 Å². The molecule has 1 atom stereocenters. The second kappa shape index (κ2) is 2.28. The molecule has 0 rings (SSSR count). The van der Waals surface area contributed by atoms with Gasteiger partial charge in [0.2, 0.25) is 0 Å². The Kier molecular flexibility index (Phi) is 2.29. The van der Waals surface area contributed by atoms with Crippen LogP contribution in [-0.2, 0) is 11.2 Å². The molecule has 0 aromatic heterocycles. The van der Waals surface area contributed by atoms with E-state index in [1.807, 2.05) is 0 Å². The Bertz CT molecular complexity index is 42.9. The molecule has 0 saturated heterocycles. The van der Waals surface area contributed by atoms with E-state index >= 15 is 0 Å². The van der Waals surface area contributed by atoms with Crippen molar-refractivity contribution in [2.75, 3.05) is 0 Å². The van der Waals surface area contributed by atoms with Crippen molar-refractivity contribution in [2.24, 2.45) is 5.14 Å². The molecule has 0 amide bonds. The van der Waals surface area contributed by atoms with Crippen LogP contribution in [0.25, 0.3) is 0 Å². The summed E-state index contributed by atoms with van der Waals surface area (Å²) in [5.74, 6) is 0. The third-order valence-electron chi connectivity index (χ3n) is 0.0900. The van der Waals surface area contributed by atoms with Gasteiger partial charge in [-0.25, -0.2) is 9.35 Å². The Morgan fingerprint density at radius 2 is 2.20 bits per heavy atom. The predicted molar refractivity (Wildman–Crippen MR) is 17.3 cm³/mol. The lowest BCUT2D eigenvalue weighted by atomic mass is 13.5. The highest BCUT2D eigenvalue weighted by Crippen LogP contribution is 1.38. The second-order valence-electron chi connectivity index (χ2n) is 0.389. The lowest BCUT2D eigenvalue weighted by Gasteiger charge is -1.78. The molecule has 0 aliphatic heterocycles. The summed E-state index contributed by atoms with van der Waals surface area (Å²) >= 11 is -1.77. The highest BCUT2D eigenvalue weighted by Gasteiger charge is 1.71. The van der Waals surface area contributed by atoms with Crippen molar-refractivity contribution in [3.63, 3.8) is 0 Å². The predicted octanol–water partition coefficient (Wildman–Crippen LogP) is -1.50. The number of hydrogen-bond acceptors (Lipinski definition) is 2.